The maximum Gasteiger partial charge on any atom is 0.121 e. The van der Waals surface area contributed by atoms with Crippen molar-refractivity contribution < 1.29 is 0 Å². The van der Waals surface area contributed by atoms with Gasteiger partial charge in [0.25, 0.3) is 0 Å². The minimum atomic E-state index is -0.204. The van der Waals surface area contributed by atoms with Crippen LogP contribution >= 0.6 is 31.9 Å². The molecule has 1 atom stereocenters. The van der Waals surface area contributed by atoms with Crippen molar-refractivity contribution in [3.8, 4) is 6.07 Å². The highest BCUT2D eigenvalue weighted by atomic mass is 79.9. The van der Waals surface area contributed by atoms with Gasteiger partial charge in [-0.15, -0.1) is 0 Å². The second-order valence-corrected chi connectivity index (χ2v) is 5.80. The largest absolute Gasteiger partial charge is 0.298 e. The van der Waals surface area contributed by atoms with Crippen LogP contribution < -0.4 is 5.32 Å². The summed E-state index contributed by atoms with van der Waals surface area (Å²) in [7, 11) is 0. The second kappa shape index (κ2) is 5.31. The number of nitriles is 1. The minimum Gasteiger partial charge on any atom is -0.298 e. The van der Waals surface area contributed by atoms with Crippen LogP contribution in [-0.4, -0.2) is 6.54 Å². The van der Waals surface area contributed by atoms with Crippen LogP contribution in [0.1, 0.15) is 24.4 Å². The van der Waals surface area contributed by atoms with Crippen LogP contribution in [0.25, 0.3) is 0 Å². The van der Waals surface area contributed by atoms with E-state index in [9.17, 15) is 0 Å². The lowest BCUT2D eigenvalue weighted by Crippen LogP contribution is -2.22. The van der Waals surface area contributed by atoms with E-state index in [0.717, 1.165) is 27.0 Å². The Morgan fingerprint density at radius 2 is 2.12 bits per heavy atom. The summed E-state index contributed by atoms with van der Waals surface area (Å²) < 4.78 is 1.99. The molecular formula is C12H12Br2N2. The summed E-state index contributed by atoms with van der Waals surface area (Å²) in [5, 5.41) is 12.4. The highest BCUT2D eigenvalue weighted by molar-refractivity contribution is 9.13. The molecule has 0 bridgehead atoms. The first-order valence-electron chi connectivity index (χ1n) is 5.28. The smallest absolute Gasteiger partial charge is 0.121 e. The molecule has 1 unspecified atom stereocenters. The molecule has 0 aliphatic heterocycles. The third-order valence-corrected chi connectivity index (χ3v) is 4.59. The molecule has 2 rings (SSSR count). The van der Waals surface area contributed by atoms with Gasteiger partial charge in [0.1, 0.15) is 6.04 Å². The number of rotatable bonds is 4. The molecule has 1 fully saturated rings. The molecular weight excluding hydrogens is 332 g/mol. The van der Waals surface area contributed by atoms with E-state index < -0.39 is 0 Å². The normalized spacial score (nSPS) is 16.8. The maximum atomic E-state index is 9.13. The van der Waals surface area contributed by atoms with E-state index in [2.05, 4.69) is 43.2 Å². The first-order valence-corrected chi connectivity index (χ1v) is 6.87. The van der Waals surface area contributed by atoms with Gasteiger partial charge in [0.05, 0.1) is 6.07 Å². The minimum absolute atomic E-state index is 0.204. The Morgan fingerprint density at radius 1 is 1.38 bits per heavy atom. The lowest BCUT2D eigenvalue weighted by atomic mass is 10.1. The highest BCUT2D eigenvalue weighted by Gasteiger charge is 2.22. The van der Waals surface area contributed by atoms with E-state index >= 15 is 0 Å². The fraction of sp³-hybridized carbons (Fsp3) is 0.417. The van der Waals surface area contributed by atoms with Crippen molar-refractivity contribution in [3.05, 3.63) is 32.7 Å². The van der Waals surface area contributed by atoms with Crippen molar-refractivity contribution in [3.63, 3.8) is 0 Å². The van der Waals surface area contributed by atoms with Gasteiger partial charge in [-0.25, -0.2) is 0 Å². The third-order valence-electron chi connectivity index (χ3n) is 2.71. The predicted octanol–water partition coefficient (Wildman–Crippen LogP) is 3.78. The number of hydrogen-bond donors (Lipinski definition) is 1. The molecule has 1 N–H and O–H groups in total. The van der Waals surface area contributed by atoms with Crippen molar-refractivity contribution in [2.75, 3.05) is 6.54 Å². The van der Waals surface area contributed by atoms with E-state index in [-0.39, 0.29) is 6.04 Å². The van der Waals surface area contributed by atoms with E-state index in [1.807, 2.05) is 18.2 Å². The van der Waals surface area contributed by atoms with E-state index in [1.54, 1.807) is 0 Å². The molecule has 1 saturated carbocycles. The van der Waals surface area contributed by atoms with Crippen LogP contribution in [-0.2, 0) is 0 Å². The molecule has 0 heterocycles. The third kappa shape index (κ3) is 3.07. The zero-order valence-electron chi connectivity index (χ0n) is 8.71. The monoisotopic (exact) mass is 342 g/mol. The van der Waals surface area contributed by atoms with Crippen LogP contribution in [0.4, 0.5) is 0 Å². The zero-order valence-corrected chi connectivity index (χ0v) is 11.9. The Hall–Kier alpha value is -0.370. The zero-order chi connectivity index (χ0) is 11.5. The van der Waals surface area contributed by atoms with E-state index in [0.29, 0.717) is 0 Å². The molecule has 1 aromatic rings. The second-order valence-electron chi connectivity index (χ2n) is 4.09. The van der Waals surface area contributed by atoms with Gasteiger partial charge in [-0.05, 0) is 74.9 Å². The van der Waals surface area contributed by atoms with Gasteiger partial charge in [0, 0.05) is 8.95 Å². The number of nitrogens with one attached hydrogen (secondary N) is 1. The van der Waals surface area contributed by atoms with Gasteiger partial charge in [-0.2, -0.15) is 5.26 Å². The number of hydrogen-bond acceptors (Lipinski definition) is 2. The Morgan fingerprint density at radius 3 is 2.69 bits per heavy atom. The molecule has 0 amide bonds. The van der Waals surface area contributed by atoms with Gasteiger partial charge >= 0.3 is 0 Å². The summed E-state index contributed by atoms with van der Waals surface area (Å²) in [4.78, 5) is 0. The molecule has 0 saturated heterocycles. The van der Waals surface area contributed by atoms with Crippen molar-refractivity contribution >= 4 is 31.9 Å². The molecule has 1 aliphatic rings. The lowest BCUT2D eigenvalue weighted by Gasteiger charge is -2.12. The summed E-state index contributed by atoms with van der Waals surface area (Å²) in [5.41, 5.74) is 1.01. The summed E-state index contributed by atoms with van der Waals surface area (Å²) in [6, 6.07) is 8.02. The average molecular weight is 344 g/mol. The first kappa shape index (κ1) is 12.1. The Bertz CT molecular complexity index is 422. The Balaban J connectivity index is 2.06. The maximum absolute atomic E-state index is 9.13. The molecule has 1 aromatic carbocycles. The molecule has 0 spiro atoms. The van der Waals surface area contributed by atoms with Crippen molar-refractivity contribution in [1.82, 2.24) is 5.32 Å². The Kier molecular flexibility index (Phi) is 4.01. The molecule has 16 heavy (non-hydrogen) atoms. The fourth-order valence-electron chi connectivity index (χ4n) is 1.54. The van der Waals surface area contributed by atoms with E-state index in [1.165, 1.54) is 12.8 Å². The highest BCUT2D eigenvalue weighted by Crippen LogP contribution is 2.30. The van der Waals surface area contributed by atoms with Crippen LogP contribution in [0.3, 0.4) is 0 Å². The van der Waals surface area contributed by atoms with E-state index in [4.69, 9.17) is 5.26 Å². The van der Waals surface area contributed by atoms with Crippen LogP contribution in [0.5, 0.6) is 0 Å². The summed E-state index contributed by atoms with van der Waals surface area (Å²) in [6.45, 7) is 0.950. The number of benzene rings is 1. The van der Waals surface area contributed by atoms with Crippen molar-refractivity contribution in [2.24, 2.45) is 5.92 Å². The quantitative estimate of drug-likeness (QED) is 0.903. The molecule has 1 aliphatic carbocycles. The summed E-state index contributed by atoms with van der Waals surface area (Å²) in [5.74, 6) is 0.787. The van der Waals surface area contributed by atoms with Crippen molar-refractivity contribution in [1.29, 1.82) is 5.26 Å². The standard InChI is InChI=1S/C12H12Br2N2/c13-10-4-3-9(5-11(10)14)12(6-15)16-7-8-1-2-8/h3-5,8,12,16H,1-2,7H2. The molecule has 84 valence electrons. The molecule has 4 heteroatoms. The molecule has 0 radical (unpaired) electrons. The summed E-state index contributed by atoms with van der Waals surface area (Å²) >= 11 is 6.87. The van der Waals surface area contributed by atoms with Crippen LogP contribution in [0, 0.1) is 17.2 Å². The Labute approximate surface area is 112 Å². The SMILES string of the molecule is N#CC(NCC1CC1)c1ccc(Br)c(Br)c1. The topological polar surface area (TPSA) is 35.8 Å². The van der Waals surface area contributed by atoms with Crippen LogP contribution in [0.15, 0.2) is 27.1 Å². The average Bonchev–Trinajstić information content (AvgIpc) is 3.08. The van der Waals surface area contributed by atoms with Crippen LogP contribution in [0.2, 0.25) is 0 Å². The first-order chi connectivity index (χ1) is 7.70. The molecule has 2 nitrogen and oxygen atoms in total. The van der Waals surface area contributed by atoms with Gasteiger partial charge in [-0.1, -0.05) is 6.07 Å². The number of nitrogens with zero attached hydrogens (tertiary/aromatic N) is 1. The van der Waals surface area contributed by atoms with Gasteiger partial charge in [0.15, 0.2) is 0 Å². The van der Waals surface area contributed by atoms with Gasteiger partial charge in [-0.3, -0.25) is 5.32 Å². The fourth-order valence-corrected chi connectivity index (χ4v) is 2.18. The summed E-state index contributed by atoms with van der Waals surface area (Å²) in [6.07, 6.45) is 2.60. The van der Waals surface area contributed by atoms with Gasteiger partial charge in [0.2, 0.25) is 0 Å². The van der Waals surface area contributed by atoms with Crippen molar-refractivity contribution in [2.45, 2.75) is 18.9 Å². The number of halogens is 2. The lowest BCUT2D eigenvalue weighted by molar-refractivity contribution is 0.593. The molecule has 0 aromatic heterocycles. The predicted molar refractivity (Wildman–Crippen MR) is 70.9 cm³/mol. The van der Waals surface area contributed by atoms with Gasteiger partial charge < -0.3 is 0 Å².